The number of carbonyl (C=O) groups excluding carboxylic acids is 2. The fraction of sp³-hybridized carbons (Fsp3) is 0.737. The van der Waals surface area contributed by atoms with Crippen molar-refractivity contribution >= 4 is 11.8 Å². The summed E-state index contributed by atoms with van der Waals surface area (Å²) in [5, 5.41) is 16.9. The lowest BCUT2D eigenvalue weighted by molar-refractivity contribution is -0.213. The zero-order valence-electron chi connectivity index (χ0n) is 15.8. The number of nitrogens with zero attached hydrogens (tertiary/aromatic N) is 3. The van der Waals surface area contributed by atoms with Crippen LogP contribution in [0, 0.1) is 10.8 Å². The van der Waals surface area contributed by atoms with Crippen LogP contribution in [-0.4, -0.2) is 69.2 Å². The van der Waals surface area contributed by atoms with Gasteiger partial charge in [0.25, 0.3) is 5.91 Å². The molecule has 1 saturated heterocycles. The molecule has 2 N–H and O–H groups in total. The molecule has 1 aromatic rings. The average molecular weight is 360 g/mol. The molecule has 1 aromatic heterocycles. The third-order valence-corrected chi connectivity index (χ3v) is 6.43. The lowest BCUT2D eigenvalue weighted by Crippen LogP contribution is -2.70. The average Bonchev–Trinajstić information content (AvgIpc) is 3.06. The molecule has 2 amide bonds. The third-order valence-electron chi connectivity index (χ3n) is 6.43. The van der Waals surface area contributed by atoms with Crippen molar-refractivity contribution in [3.8, 4) is 0 Å². The molecule has 0 aromatic carbocycles. The molecule has 4 aliphatic rings. The number of rotatable bonds is 4. The van der Waals surface area contributed by atoms with Crippen LogP contribution in [0.5, 0.6) is 0 Å². The standard InChI is InChI=1S/C19H28N4O3/c1-12(2)14-6-15(21-20-14)16(25)22-4-5-23(13(7-22)8-24)17(26)19-9-18(3,10-19)11-19/h6,12-13,24H,4-5,7-11H2,1-3H3,(H,20,21). The van der Waals surface area contributed by atoms with E-state index in [2.05, 4.69) is 17.1 Å². The van der Waals surface area contributed by atoms with Gasteiger partial charge in [0.15, 0.2) is 0 Å². The van der Waals surface area contributed by atoms with Gasteiger partial charge in [-0.15, -0.1) is 0 Å². The monoisotopic (exact) mass is 360 g/mol. The van der Waals surface area contributed by atoms with Crippen LogP contribution < -0.4 is 0 Å². The highest BCUT2D eigenvalue weighted by molar-refractivity contribution is 5.93. The third kappa shape index (κ3) is 2.55. The summed E-state index contributed by atoms with van der Waals surface area (Å²) in [7, 11) is 0. The van der Waals surface area contributed by atoms with E-state index in [1.165, 1.54) is 0 Å². The Morgan fingerprint density at radius 1 is 1.35 bits per heavy atom. The predicted molar refractivity (Wildman–Crippen MR) is 95.6 cm³/mol. The van der Waals surface area contributed by atoms with Crippen LogP contribution in [0.25, 0.3) is 0 Å². The summed E-state index contributed by atoms with van der Waals surface area (Å²) < 4.78 is 0. The van der Waals surface area contributed by atoms with Gasteiger partial charge in [0.05, 0.1) is 18.1 Å². The second kappa shape index (κ2) is 5.81. The van der Waals surface area contributed by atoms with Crippen LogP contribution in [0.2, 0.25) is 0 Å². The highest BCUT2D eigenvalue weighted by Gasteiger charge is 2.69. The van der Waals surface area contributed by atoms with E-state index in [0.717, 1.165) is 25.0 Å². The maximum Gasteiger partial charge on any atom is 0.274 e. The molecule has 0 spiro atoms. The van der Waals surface area contributed by atoms with Crippen LogP contribution >= 0.6 is 0 Å². The van der Waals surface area contributed by atoms with E-state index in [-0.39, 0.29) is 35.8 Å². The van der Waals surface area contributed by atoms with Crippen molar-refractivity contribution in [1.29, 1.82) is 0 Å². The largest absolute Gasteiger partial charge is 0.394 e. The number of aliphatic hydroxyl groups is 1. The highest BCUT2D eigenvalue weighted by atomic mass is 16.3. The summed E-state index contributed by atoms with van der Waals surface area (Å²) in [5.41, 5.74) is 1.52. The quantitative estimate of drug-likeness (QED) is 0.849. The number of nitrogens with one attached hydrogen (secondary N) is 1. The van der Waals surface area contributed by atoms with E-state index in [1.807, 2.05) is 18.7 Å². The number of hydrogen-bond acceptors (Lipinski definition) is 4. The number of piperazine rings is 1. The summed E-state index contributed by atoms with van der Waals surface area (Å²) in [6.07, 6.45) is 2.92. The van der Waals surface area contributed by atoms with Gasteiger partial charge in [-0.05, 0) is 36.7 Å². The van der Waals surface area contributed by atoms with Gasteiger partial charge in [-0.1, -0.05) is 20.8 Å². The molecule has 1 atom stereocenters. The van der Waals surface area contributed by atoms with Gasteiger partial charge in [-0.3, -0.25) is 14.7 Å². The molecule has 5 rings (SSSR count). The lowest BCUT2D eigenvalue weighted by atomic mass is 9.35. The molecule has 2 heterocycles. The molecule has 142 valence electrons. The van der Waals surface area contributed by atoms with Crippen LogP contribution in [0.1, 0.15) is 62.1 Å². The minimum Gasteiger partial charge on any atom is -0.394 e. The molecular weight excluding hydrogens is 332 g/mol. The molecule has 7 heteroatoms. The van der Waals surface area contributed by atoms with Gasteiger partial charge in [-0.2, -0.15) is 5.10 Å². The molecule has 3 aliphatic carbocycles. The van der Waals surface area contributed by atoms with Crippen molar-refractivity contribution in [3.05, 3.63) is 17.5 Å². The first-order valence-electron chi connectivity index (χ1n) is 9.53. The zero-order valence-corrected chi connectivity index (χ0v) is 15.8. The van der Waals surface area contributed by atoms with Crippen LogP contribution in [0.3, 0.4) is 0 Å². The van der Waals surface area contributed by atoms with Crippen molar-refractivity contribution in [2.75, 3.05) is 26.2 Å². The Hall–Kier alpha value is -1.89. The molecule has 1 unspecified atom stereocenters. The molecule has 4 fully saturated rings. The second-order valence-electron chi connectivity index (χ2n) is 9.07. The summed E-state index contributed by atoms with van der Waals surface area (Å²) >= 11 is 0. The Bertz CT molecular complexity index is 721. The molecule has 1 aliphatic heterocycles. The van der Waals surface area contributed by atoms with Crippen molar-refractivity contribution < 1.29 is 14.7 Å². The number of amides is 2. The molecule has 2 bridgehead atoms. The van der Waals surface area contributed by atoms with Crippen molar-refractivity contribution in [2.45, 2.75) is 52.0 Å². The van der Waals surface area contributed by atoms with Crippen LogP contribution in [0.4, 0.5) is 0 Å². The molecule has 7 nitrogen and oxygen atoms in total. The van der Waals surface area contributed by atoms with Gasteiger partial charge < -0.3 is 14.9 Å². The van der Waals surface area contributed by atoms with E-state index in [9.17, 15) is 14.7 Å². The van der Waals surface area contributed by atoms with E-state index in [4.69, 9.17) is 0 Å². The summed E-state index contributed by atoms with van der Waals surface area (Å²) in [6, 6.07) is 1.46. The number of H-pyrrole nitrogens is 1. The fourth-order valence-electron chi connectivity index (χ4n) is 5.19. The predicted octanol–water partition coefficient (Wildman–Crippen LogP) is 1.37. The van der Waals surface area contributed by atoms with Gasteiger partial charge in [-0.25, -0.2) is 0 Å². The van der Waals surface area contributed by atoms with Crippen LogP contribution in [-0.2, 0) is 4.79 Å². The highest BCUT2D eigenvalue weighted by Crippen LogP contribution is 2.73. The number of aromatic nitrogens is 2. The van der Waals surface area contributed by atoms with E-state index in [0.29, 0.717) is 30.7 Å². The van der Waals surface area contributed by atoms with E-state index in [1.54, 1.807) is 11.0 Å². The molecular formula is C19H28N4O3. The first-order valence-corrected chi connectivity index (χ1v) is 9.53. The Labute approximate surface area is 153 Å². The fourth-order valence-corrected chi connectivity index (χ4v) is 5.19. The number of carbonyl (C=O) groups is 2. The molecule has 3 saturated carbocycles. The minimum atomic E-state index is -0.328. The number of aromatic amines is 1. The minimum absolute atomic E-state index is 0.124. The number of hydrogen-bond donors (Lipinski definition) is 2. The Morgan fingerprint density at radius 3 is 2.58 bits per heavy atom. The first-order chi connectivity index (χ1) is 12.3. The van der Waals surface area contributed by atoms with E-state index < -0.39 is 0 Å². The molecule has 0 radical (unpaired) electrons. The topological polar surface area (TPSA) is 89.5 Å². The maximum atomic E-state index is 13.0. The first kappa shape index (κ1) is 17.5. The van der Waals surface area contributed by atoms with Crippen LogP contribution in [0.15, 0.2) is 6.07 Å². The summed E-state index contributed by atoms with van der Waals surface area (Å²) in [5.74, 6) is 0.310. The van der Waals surface area contributed by atoms with Crippen molar-refractivity contribution in [3.63, 3.8) is 0 Å². The summed E-state index contributed by atoms with van der Waals surface area (Å²) in [4.78, 5) is 29.2. The van der Waals surface area contributed by atoms with Crippen molar-refractivity contribution in [2.24, 2.45) is 10.8 Å². The Morgan fingerprint density at radius 2 is 2.04 bits per heavy atom. The normalized spacial score (nSPS) is 33.0. The zero-order chi connectivity index (χ0) is 18.7. The molecule has 26 heavy (non-hydrogen) atoms. The number of aliphatic hydroxyl groups excluding tert-OH is 1. The smallest absolute Gasteiger partial charge is 0.274 e. The van der Waals surface area contributed by atoms with Gasteiger partial charge in [0, 0.05) is 25.3 Å². The lowest BCUT2D eigenvalue weighted by Gasteiger charge is -2.69. The van der Waals surface area contributed by atoms with Crippen molar-refractivity contribution in [1.82, 2.24) is 20.0 Å². The van der Waals surface area contributed by atoms with E-state index >= 15 is 0 Å². The second-order valence-corrected chi connectivity index (χ2v) is 9.07. The Kier molecular flexibility index (Phi) is 3.91. The SMILES string of the molecule is CC(C)c1cc(C(=O)N2CCN(C(=O)C34CC(C)(C3)C4)C(CO)C2)n[nH]1. The summed E-state index contributed by atoms with van der Waals surface area (Å²) in [6.45, 7) is 7.52. The van der Waals surface area contributed by atoms with Gasteiger partial charge in [0.2, 0.25) is 5.91 Å². The van der Waals surface area contributed by atoms with Gasteiger partial charge >= 0.3 is 0 Å². The Balaban J connectivity index is 1.42. The maximum absolute atomic E-state index is 13.0. The van der Waals surface area contributed by atoms with Gasteiger partial charge in [0.1, 0.15) is 5.69 Å².